The number of hydrogen-bond acceptors (Lipinski definition) is 5. The molecule has 4 aliphatic rings. The third-order valence-corrected chi connectivity index (χ3v) is 6.38. The number of amides is 1. The lowest BCUT2D eigenvalue weighted by Crippen LogP contribution is -2.36. The van der Waals surface area contributed by atoms with Gasteiger partial charge in [0.2, 0.25) is 5.91 Å². The van der Waals surface area contributed by atoms with Gasteiger partial charge in [0.15, 0.2) is 0 Å². The Balaban J connectivity index is 1.48. The molecule has 5 rings (SSSR count). The van der Waals surface area contributed by atoms with E-state index in [1.807, 2.05) is 0 Å². The quantitative estimate of drug-likeness (QED) is 0.715. The van der Waals surface area contributed by atoms with Gasteiger partial charge in [0, 0.05) is 24.6 Å². The lowest BCUT2D eigenvalue weighted by molar-refractivity contribution is -0.138. The zero-order chi connectivity index (χ0) is 19.4. The molecule has 0 spiro atoms. The summed E-state index contributed by atoms with van der Waals surface area (Å²) in [6, 6.07) is 2.71. The van der Waals surface area contributed by atoms with Gasteiger partial charge in [0.05, 0.1) is 18.9 Å². The number of hydrazone groups is 1. The van der Waals surface area contributed by atoms with E-state index in [9.17, 15) is 22.0 Å². The average Bonchev–Trinajstić information content (AvgIpc) is 3.23. The van der Waals surface area contributed by atoms with Gasteiger partial charge in [0.25, 0.3) is 10.1 Å². The number of hydrogen-bond donors (Lipinski definition) is 0. The van der Waals surface area contributed by atoms with Crippen LogP contribution in [-0.2, 0) is 19.1 Å². The number of halogens is 2. The second-order valence-electron chi connectivity index (χ2n) is 7.88. The van der Waals surface area contributed by atoms with E-state index in [1.165, 1.54) is 17.1 Å². The molecule has 3 saturated carbocycles. The van der Waals surface area contributed by atoms with E-state index in [-0.39, 0.29) is 29.8 Å². The van der Waals surface area contributed by atoms with E-state index >= 15 is 0 Å². The Labute approximate surface area is 156 Å². The second-order valence-corrected chi connectivity index (χ2v) is 9.52. The molecule has 0 aromatic heterocycles. The highest BCUT2D eigenvalue weighted by Crippen LogP contribution is 2.62. The summed E-state index contributed by atoms with van der Waals surface area (Å²) in [5.74, 6) is -1.67. The maximum atomic E-state index is 13.6. The molecule has 2 atom stereocenters. The van der Waals surface area contributed by atoms with Gasteiger partial charge in [-0.25, -0.2) is 13.8 Å². The van der Waals surface area contributed by atoms with Crippen molar-refractivity contribution in [2.24, 2.45) is 22.4 Å². The van der Waals surface area contributed by atoms with Crippen LogP contribution in [0.1, 0.15) is 37.3 Å². The van der Waals surface area contributed by atoms with Gasteiger partial charge in [-0.3, -0.25) is 8.98 Å². The monoisotopic (exact) mass is 398 g/mol. The van der Waals surface area contributed by atoms with E-state index in [0.29, 0.717) is 18.4 Å². The van der Waals surface area contributed by atoms with Crippen LogP contribution in [0.5, 0.6) is 0 Å². The third kappa shape index (κ3) is 3.50. The van der Waals surface area contributed by atoms with Crippen molar-refractivity contribution in [2.45, 2.75) is 31.7 Å². The molecule has 146 valence electrons. The Bertz CT molecular complexity index is 892. The zero-order valence-corrected chi connectivity index (χ0v) is 15.6. The number of carbonyl (C=O) groups excluding carboxylic acids is 1. The summed E-state index contributed by atoms with van der Waals surface area (Å²) in [4.78, 5) is 13.0. The number of carbonyl (C=O) groups is 1. The van der Waals surface area contributed by atoms with Crippen LogP contribution in [0.15, 0.2) is 23.3 Å². The van der Waals surface area contributed by atoms with E-state index in [0.717, 1.165) is 25.2 Å². The second kappa shape index (κ2) is 6.34. The highest BCUT2D eigenvalue weighted by atomic mass is 32.2. The van der Waals surface area contributed by atoms with Crippen molar-refractivity contribution >= 4 is 22.2 Å². The van der Waals surface area contributed by atoms with Gasteiger partial charge < -0.3 is 0 Å². The van der Waals surface area contributed by atoms with Crippen molar-refractivity contribution in [3.05, 3.63) is 35.4 Å². The van der Waals surface area contributed by atoms with Crippen LogP contribution in [0.2, 0.25) is 0 Å². The summed E-state index contributed by atoms with van der Waals surface area (Å²) in [6.45, 7) is 0.0912. The first-order valence-electron chi connectivity index (χ1n) is 8.82. The Morgan fingerprint density at radius 2 is 1.93 bits per heavy atom. The van der Waals surface area contributed by atoms with Crippen molar-refractivity contribution in [3.63, 3.8) is 0 Å². The smallest absolute Gasteiger partial charge is 0.264 e. The van der Waals surface area contributed by atoms with E-state index in [4.69, 9.17) is 4.18 Å². The topological polar surface area (TPSA) is 76.0 Å². The molecule has 2 unspecified atom stereocenters. The van der Waals surface area contributed by atoms with Crippen molar-refractivity contribution in [3.8, 4) is 0 Å². The van der Waals surface area contributed by atoms with Gasteiger partial charge >= 0.3 is 0 Å². The SMILES string of the molecule is CS(=O)(=O)OCC12CC(C1)C(C(=O)N1N=CCC1c1cc(F)cc(F)c1)C2. The summed E-state index contributed by atoms with van der Waals surface area (Å²) >= 11 is 0. The molecule has 1 aromatic carbocycles. The Kier molecular flexibility index (Phi) is 4.34. The molecule has 0 radical (unpaired) electrons. The molecule has 1 amide bonds. The molecule has 1 heterocycles. The molecule has 3 fully saturated rings. The summed E-state index contributed by atoms with van der Waals surface area (Å²) in [7, 11) is -3.52. The minimum atomic E-state index is -3.52. The van der Waals surface area contributed by atoms with Crippen molar-refractivity contribution in [1.82, 2.24) is 5.01 Å². The van der Waals surface area contributed by atoms with Gasteiger partial charge in [-0.1, -0.05) is 0 Å². The molecule has 0 N–H and O–H groups in total. The summed E-state index contributed by atoms with van der Waals surface area (Å²) in [5.41, 5.74) is 0.0941. The maximum Gasteiger partial charge on any atom is 0.264 e. The highest BCUT2D eigenvalue weighted by molar-refractivity contribution is 7.85. The van der Waals surface area contributed by atoms with Crippen LogP contribution < -0.4 is 0 Å². The predicted octanol–water partition coefficient (Wildman–Crippen LogP) is 2.62. The highest BCUT2D eigenvalue weighted by Gasteiger charge is 2.59. The van der Waals surface area contributed by atoms with Crippen LogP contribution in [-0.4, -0.2) is 38.4 Å². The maximum absolute atomic E-state index is 13.6. The van der Waals surface area contributed by atoms with Crippen molar-refractivity contribution < 1.29 is 26.2 Å². The molecule has 1 aromatic rings. The van der Waals surface area contributed by atoms with Gasteiger partial charge in [-0.05, 0) is 48.3 Å². The van der Waals surface area contributed by atoms with Crippen LogP contribution in [0, 0.1) is 28.9 Å². The number of nitrogens with zero attached hydrogens (tertiary/aromatic N) is 2. The standard InChI is InChI=1S/C18H20F2N2O4S/c1-27(24,25)26-10-18-7-12(8-18)15(9-18)17(23)22-16(2-3-21-22)11-4-13(19)6-14(20)5-11/h3-6,12,15-16H,2,7-10H2,1H3. The summed E-state index contributed by atoms with van der Waals surface area (Å²) in [6.07, 6.45) is 5.02. The van der Waals surface area contributed by atoms with E-state index in [1.54, 1.807) is 6.21 Å². The average molecular weight is 398 g/mol. The molecule has 2 bridgehead atoms. The molecule has 3 aliphatic carbocycles. The molecule has 6 nitrogen and oxygen atoms in total. The number of rotatable bonds is 5. The lowest BCUT2D eigenvalue weighted by atomic mass is 9.70. The van der Waals surface area contributed by atoms with Gasteiger partial charge in [0.1, 0.15) is 11.6 Å². The minimum absolute atomic E-state index is 0.0912. The fraction of sp³-hybridized carbons (Fsp3) is 0.556. The first-order valence-corrected chi connectivity index (χ1v) is 10.6. The predicted molar refractivity (Wildman–Crippen MR) is 93.1 cm³/mol. The molecular weight excluding hydrogens is 378 g/mol. The minimum Gasteiger partial charge on any atom is -0.273 e. The van der Waals surface area contributed by atoms with Crippen molar-refractivity contribution in [2.75, 3.05) is 12.9 Å². The number of fused-ring (bicyclic) bond motifs is 1. The van der Waals surface area contributed by atoms with Crippen molar-refractivity contribution in [1.29, 1.82) is 0 Å². The largest absolute Gasteiger partial charge is 0.273 e. The van der Waals surface area contributed by atoms with E-state index in [2.05, 4.69) is 5.10 Å². The third-order valence-electron chi connectivity index (χ3n) is 5.83. The molecule has 1 aliphatic heterocycles. The molecule has 27 heavy (non-hydrogen) atoms. The first kappa shape index (κ1) is 18.5. The molecule has 0 saturated heterocycles. The fourth-order valence-electron chi connectivity index (χ4n) is 4.68. The summed E-state index contributed by atoms with van der Waals surface area (Å²) in [5, 5.41) is 5.47. The Hall–Kier alpha value is -1.87. The van der Waals surface area contributed by atoms with Crippen LogP contribution >= 0.6 is 0 Å². The first-order chi connectivity index (χ1) is 12.7. The van der Waals surface area contributed by atoms with Crippen LogP contribution in [0.3, 0.4) is 0 Å². The normalized spacial score (nSPS) is 32.0. The van der Waals surface area contributed by atoms with Crippen LogP contribution in [0.4, 0.5) is 8.78 Å². The van der Waals surface area contributed by atoms with Gasteiger partial charge in [-0.2, -0.15) is 13.5 Å². The van der Waals surface area contributed by atoms with Gasteiger partial charge in [-0.15, -0.1) is 0 Å². The molecule has 9 heteroatoms. The molecular formula is C18H20F2N2O4S. The van der Waals surface area contributed by atoms with Crippen LogP contribution in [0.25, 0.3) is 0 Å². The Morgan fingerprint density at radius 3 is 2.56 bits per heavy atom. The fourth-order valence-corrected chi connectivity index (χ4v) is 5.14. The number of benzene rings is 1. The lowest BCUT2D eigenvalue weighted by Gasteiger charge is -2.37. The van der Waals surface area contributed by atoms with E-state index < -0.39 is 27.8 Å². The summed E-state index contributed by atoms with van der Waals surface area (Å²) < 4.78 is 54.6. The zero-order valence-electron chi connectivity index (χ0n) is 14.8. The Morgan fingerprint density at radius 1 is 1.26 bits per heavy atom.